The van der Waals surface area contributed by atoms with Gasteiger partial charge in [0.15, 0.2) is 0 Å². The van der Waals surface area contributed by atoms with Crippen molar-refractivity contribution in [2.24, 2.45) is 0 Å². The third-order valence-corrected chi connectivity index (χ3v) is 6.47. The van der Waals surface area contributed by atoms with Crippen LogP contribution in [0.2, 0.25) is 0 Å². The number of nitrogens with zero attached hydrogens (tertiary/aromatic N) is 2. The molecule has 1 aromatic heterocycles. The smallest absolute Gasteiger partial charge is 0.264 e. The summed E-state index contributed by atoms with van der Waals surface area (Å²) in [6.07, 6.45) is 0. The Labute approximate surface area is 171 Å². The molecule has 0 saturated carbocycles. The van der Waals surface area contributed by atoms with E-state index in [0.29, 0.717) is 30.1 Å². The van der Waals surface area contributed by atoms with E-state index >= 15 is 0 Å². The predicted octanol–water partition coefficient (Wildman–Crippen LogP) is 4.08. The second kappa shape index (κ2) is 8.53. The first-order chi connectivity index (χ1) is 13.8. The summed E-state index contributed by atoms with van der Waals surface area (Å²) in [5.41, 5.74) is 1.01. The molecule has 2 aromatic carbocycles. The fourth-order valence-electron chi connectivity index (χ4n) is 3.08. The Kier molecular flexibility index (Phi) is 6.08. The Morgan fingerprint density at radius 1 is 0.966 bits per heavy atom. The molecule has 0 aliphatic carbocycles. The van der Waals surface area contributed by atoms with Crippen LogP contribution in [0.3, 0.4) is 0 Å². The van der Waals surface area contributed by atoms with Crippen molar-refractivity contribution in [3.05, 3.63) is 83.8 Å². The van der Waals surface area contributed by atoms with Gasteiger partial charge < -0.3 is 9.32 Å². The summed E-state index contributed by atoms with van der Waals surface area (Å²) in [7, 11) is -2.04. The summed E-state index contributed by atoms with van der Waals surface area (Å²) in [6, 6.07) is 18.6. The van der Waals surface area contributed by atoms with Crippen LogP contribution in [0, 0.1) is 6.92 Å². The highest BCUT2D eigenvalue weighted by Crippen LogP contribution is 2.23. The number of carbonyl (C=O) groups excluding carboxylic acids is 1. The number of para-hydroxylation sites is 1. The lowest BCUT2D eigenvalue weighted by molar-refractivity contribution is 0.0775. The number of hydrogen-bond donors (Lipinski definition) is 0. The van der Waals surface area contributed by atoms with Gasteiger partial charge in [-0.05, 0) is 62.4 Å². The Hall–Kier alpha value is -3.06. The number of benzene rings is 2. The summed E-state index contributed by atoms with van der Waals surface area (Å²) in [5.74, 6) is 1.27. The van der Waals surface area contributed by atoms with Crippen molar-refractivity contribution in [3.63, 3.8) is 0 Å². The molecule has 0 saturated heterocycles. The van der Waals surface area contributed by atoms with E-state index in [1.165, 1.54) is 33.5 Å². The minimum absolute atomic E-state index is 0.143. The Balaban J connectivity index is 1.79. The summed E-state index contributed by atoms with van der Waals surface area (Å²) in [5, 5.41) is 0. The number of hydrogen-bond acceptors (Lipinski definition) is 4. The maximum absolute atomic E-state index is 13.0. The first kappa shape index (κ1) is 20.7. The summed E-state index contributed by atoms with van der Waals surface area (Å²) in [4.78, 5) is 14.3. The molecule has 0 aliphatic rings. The molecule has 7 heteroatoms. The molecule has 0 aliphatic heterocycles. The van der Waals surface area contributed by atoms with Gasteiger partial charge in [-0.1, -0.05) is 18.2 Å². The fourth-order valence-corrected chi connectivity index (χ4v) is 4.55. The fraction of sp³-hybridized carbons (Fsp3) is 0.227. The van der Waals surface area contributed by atoms with E-state index in [-0.39, 0.29) is 10.8 Å². The molecule has 0 N–H and O–H groups in total. The molecule has 152 valence electrons. The van der Waals surface area contributed by atoms with E-state index in [2.05, 4.69) is 0 Å². The van der Waals surface area contributed by atoms with Crippen LogP contribution in [0.15, 0.2) is 76.0 Å². The zero-order chi connectivity index (χ0) is 21.0. The Morgan fingerprint density at radius 3 is 2.17 bits per heavy atom. The predicted molar refractivity (Wildman–Crippen MR) is 112 cm³/mol. The highest BCUT2D eigenvalue weighted by molar-refractivity contribution is 7.92. The number of sulfonamides is 1. The average molecular weight is 413 g/mol. The lowest BCUT2D eigenvalue weighted by atomic mass is 10.2. The van der Waals surface area contributed by atoms with Crippen molar-refractivity contribution < 1.29 is 17.6 Å². The van der Waals surface area contributed by atoms with Crippen molar-refractivity contribution in [2.75, 3.05) is 17.9 Å². The lowest BCUT2D eigenvalue weighted by Gasteiger charge is -2.23. The van der Waals surface area contributed by atoms with Crippen molar-refractivity contribution in [1.29, 1.82) is 0 Å². The molecule has 0 unspecified atom stereocenters. The first-order valence-corrected chi connectivity index (χ1v) is 10.8. The van der Waals surface area contributed by atoms with E-state index in [1.807, 2.05) is 25.1 Å². The molecule has 6 nitrogen and oxygen atoms in total. The third kappa shape index (κ3) is 4.51. The maximum atomic E-state index is 13.0. The molecule has 0 fully saturated rings. The van der Waals surface area contributed by atoms with Gasteiger partial charge in [-0.25, -0.2) is 8.42 Å². The van der Waals surface area contributed by atoms with E-state index in [0.717, 1.165) is 5.76 Å². The molecule has 0 radical (unpaired) electrons. The molecule has 0 bridgehead atoms. The molecule has 1 amide bonds. The maximum Gasteiger partial charge on any atom is 0.264 e. The van der Waals surface area contributed by atoms with Crippen LogP contribution >= 0.6 is 0 Å². The second-order valence-electron chi connectivity index (χ2n) is 6.70. The topological polar surface area (TPSA) is 70.8 Å². The van der Waals surface area contributed by atoms with E-state index in [9.17, 15) is 13.2 Å². The molecule has 0 atom stereocenters. The van der Waals surface area contributed by atoms with Gasteiger partial charge in [-0.2, -0.15) is 0 Å². The van der Waals surface area contributed by atoms with Crippen molar-refractivity contribution in [1.82, 2.24) is 4.90 Å². The van der Waals surface area contributed by atoms with E-state index in [1.54, 1.807) is 38.2 Å². The van der Waals surface area contributed by atoms with Gasteiger partial charge >= 0.3 is 0 Å². The summed E-state index contributed by atoms with van der Waals surface area (Å²) >= 11 is 0. The van der Waals surface area contributed by atoms with E-state index < -0.39 is 10.0 Å². The van der Waals surface area contributed by atoms with Crippen LogP contribution < -0.4 is 4.31 Å². The highest BCUT2D eigenvalue weighted by atomic mass is 32.2. The van der Waals surface area contributed by atoms with Crippen molar-refractivity contribution >= 4 is 21.6 Å². The quantitative estimate of drug-likeness (QED) is 0.586. The van der Waals surface area contributed by atoms with Crippen LogP contribution in [0.4, 0.5) is 5.69 Å². The molecular weight excluding hydrogens is 388 g/mol. The number of amides is 1. The lowest BCUT2D eigenvalue weighted by Crippen LogP contribution is -2.31. The normalized spacial score (nSPS) is 11.3. The molecule has 1 heterocycles. The van der Waals surface area contributed by atoms with Gasteiger partial charge in [0.2, 0.25) is 0 Å². The zero-order valence-electron chi connectivity index (χ0n) is 16.7. The third-order valence-electron chi connectivity index (χ3n) is 4.56. The highest BCUT2D eigenvalue weighted by Gasteiger charge is 2.24. The minimum atomic E-state index is -3.72. The first-order valence-electron chi connectivity index (χ1n) is 9.31. The molecule has 3 aromatic rings. The largest absolute Gasteiger partial charge is 0.464 e. The second-order valence-corrected chi connectivity index (χ2v) is 8.57. The summed E-state index contributed by atoms with van der Waals surface area (Å²) < 4.78 is 32.9. The number of carbonyl (C=O) groups is 1. The molecule has 29 heavy (non-hydrogen) atoms. The van der Waals surface area contributed by atoms with Gasteiger partial charge in [0, 0.05) is 19.2 Å². The number of aryl methyl sites for hydroxylation is 1. The SMILES string of the molecule is CCN(c1ccccc1)S(=O)(=O)c1ccc(C(=O)N(C)Cc2ccc(C)o2)cc1. The van der Waals surface area contributed by atoms with Gasteiger partial charge in [-0.15, -0.1) is 0 Å². The molecular formula is C22H24N2O4S. The standard InChI is InChI=1S/C22H24N2O4S/c1-4-24(19-8-6-5-7-9-19)29(26,27)21-14-11-18(12-15-21)22(25)23(3)16-20-13-10-17(2)28-20/h5-15H,4,16H2,1-3H3. The number of furan rings is 1. The molecule has 3 rings (SSSR count). The Bertz CT molecular complexity index is 1070. The van der Waals surface area contributed by atoms with Crippen LogP contribution in [0.25, 0.3) is 0 Å². The van der Waals surface area contributed by atoms with E-state index in [4.69, 9.17) is 4.42 Å². The van der Waals surface area contributed by atoms with Gasteiger partial charge in [0.05, 0.1) is 17.1 Å². The van der Waals surface area contributed by atoms with Crippen LogP contribution in [0.5, 0.6) is 0 Å². The average Bonchev–Trinajstić information content (AvgIpc) is 3.13. The monoisotopic (exact) mass is 412 g/mol. The van der Waals surface area contributed by atoms with Crippen molar-refractivity contribution in [2.45, 2.75) is 25.3 Å². The minimum Gasteiger partial charge on any atom is -0.464 e. The summed E-state index contributed by atoms with van der Waals surface area (Å²) in [6.45, 7) is 4.27. The van der Waals surface area contributed by atoms with Gasteiger partial charge in [0.1, 0.15) is 11.5 Å². The number of rotatable bonds is 7. The van der Waals surface area contributed by atoms with Gasteiger partial charge in [0.25, 0.3) is 15.9 Å². The number of anilines is 1. The Morgan fingerprint density at radius 2 is 1.62 bits per heavy atom. The van der Waals surface area contributed by atoms with Gasteiger partial charge in [-0.3, -0.25) is 9.10 Å². The van der Waals surface area contributed by atoms with Crippen molar-refractivity contribution in [3.8, 4) is 0 Å². The van der Waals surface area contributed by atoms with Crippen LogP contribution in [0.1, 0.15) is 28.8 Å². The van der Waals surface area contributed by atoms with Crippen LogP contribution in [-0.4, -0.2) is 32.8 Å². The molecule has 0 spiro atoms. The van der Waals surface area contributed by atoms with Crippen LogP contribution in [-0.2, 0) is 16.6 Å². The zero-order valence-corrected chi connectivity index (χ0v) is 17.5.